The lowest BCUT2D eigenvalue weighted by Gasteiger charge is -2.17. The zero-order chi connectivity index (χ0) is 15.8. The van der Waals surface area contributed by atoms with Crippen molar-refractivity contribution in [1.29, 1.82) is 0 Å². The van der Waals surface area contributed by atoms with Crippen LogP contribution in [-0.4, -0.2) is 24.1 Å². The van der Waals surface area contributed by atoms with Crippen molar-refractivity contribution in [1.82, 2.24) is 9.38 Å². The second-order valence-electron chi connectivity index (χ2n) is 5.73. The number of aromatic nitrogens is 2. The number of pyridine rings is 1. The van der Waals surface area contributed by atoms with E-state index < -0.39 is 17.2 Å². The minimum atomic E-state index is -2.64. The molecule has 1 unspecified atom stereocenters. The third kappa shape index (κ3) is 3.69. The Balaban J connectivity index is 2.35. The maximum absolute atomic E-state index is 13.0. The molecule has 0 N–H and O–H groups in total. The van der Waals surface area contributed by atoms with Crippen molar-refractivity contribution in [3.8, 4) is 0 Å². The predicted molar refractivity (Wildman–Crippen MR) is 84.3 cm³/mol. The fourth-order valence-corrected chi connectivity index (χ4v) is 3.31. The molecule has 0 bridgehead atoms. The average Bonchev–Trinajstić information content (AvgIpc) is 2.73. The van der Waals surface area contributed by atoms with Gasteiger partial charge in [-0.15, -0.1) is 0 Å². The topological polar surface area (TPSA) is 34.4 Å². The van der Waals surface area contributed by atoms with E-state index in [0.717, 1.165) is 4.47 Å². The molecule has 2 aromatic heterocycles. The molecule has 2 heterocycles. The van der Waals surface area contributed by atoms with Gasteiger partial charge in [0.1, 0.15) is 0 Å². The highest BCUT2D eigenvalue weighted by atomic mass is 79.9. The van der Waals surface area contributed by atoms with Crippen molar-refractivity contribution < 1.29 is 13.0 Å². The quantitative estimate of drug-likeness (QED) is 0.801. The Labute approximate surface area is 133 Å². The summed E-state index contributed by atoms with van der Waals surface area (Å²) in [6.45, 7) is 5.70. The average molecular weight is 379 g/mol. The largest absolute Gasteiger partial charge is 0.299 e. The van der Waals surface area contributed by atoms with Gasteiger partial charge in [-0.3, -0.25) is 8.61 Å². The van der Waals surface area contributed by atoms with Crippen molar-refractivity contribution >= 4 is 32.2 Å². The third-order valence-corrected chi connectivity index (χ3v) is 5.55. The first-order chi connectivity index (χ1) is 9.70. The van der Waals surface area contributed by atoms with Gasteiger partial charge in [-0.25, -0.2) is 13.8 Å². The molecule has 2 aromatic rings. The zero-order valence-electron chi connectivity index (χ0n) is 12.1. The normalized spacial score (nSPS) is 14.0. The van der Waals surface area contributed by atoms with Crippen molar-refractivity contribution in [2.45, 2.75) is 38.4 Å². The molecule has 0 saturated heterocycles. The maximum atomic E-state index is 13.0. The summed E-state index contributed by atoms with van der Waals surface area (Å²) in [6.07, 6.45) is -0.658. The Hall–Kier alpha value is -0.820. The van der Waals surface area contributed by atoms with Gasteiger partial charge in [0.15, 0.2) is 5.82 Å². The summed E-state index contributed by atoms with van der Waals surface area (Å²) in [4.78, 5) is 4.04. The summed E-state index contributed by atoms with van der Waals surface area (Å²) >= 11 is 3.34. The van der Waals surface area contributed by atoms with Crippen LogP contribution < -0.4 is 0 Å². The van der Waals surface area contributed by atoms with E-state index in [1.54, 1.807) is 18.3 Å². The van der Waals surface area contributed by atoms with E-state index in [1.165, 1.54) is 4.40 Å². The van der Waals surface area contributed by atoms with E-state index in [2.05, 4.69) is 20.9 Å². The number of alkyl halides is 2. The molecule has 0 aromatic carbocycles. The van der Waals surface area contributed by atoms with E-state index in [4.69, 9.17) is 0 Å². The SMILES string of the molecule is CC(C)(C)S(=O)CCc1nc(C(F)F)n2ccc(Br)cc12. The lowest BCUT2D eigenvalue weighted by Crippen LogP contribution is -2.24. The lowest BCUT2D eigenvalue weighted by atomic mass is 10.3. The Morgan fingerprint density at radius 1 is 1.43 bits per heavy atom. The van der Waals surface area contributed by atoms with Gasteiger partial charge in [-0.1, -0.05) is 15.9 Å². The molecule has 1 atom stereocenters. The van der Waals surface area contributed by atoms with Crippen LogP contribution in [0.25, 0.3) is 5.52 Å². The van der Waals surface area contributed by atoms with Gasteiger partial charge in [0.25, 0.3) is 6.43 Å². The third-order valence-electron chi connectivity index (χ3n) is 3.11. The molecule has 0 spiro atoms. The minimum absolute atomic E-state index is 0.269. The Morgan fingerprint density at radius 3 is 2.67 bits per heavy atom. The van der Waals surface area contributed by atoms with E-state index in [0.29, 0.717) is 23.4 Å². The summed E-state index contributed by atoms with van der Waals surface area (Å²) in [5.74, 6) is 0.139. The van der Waals surface area contributed by atoms with Crippen LogP contribution in [0.2, 0.25) is 0 Å². The molecular weight excluding hydrogens is 362 g/mol. The molecule has 7 heteroatoms. The van der Waals surface area contributed by atoms with Crippen LogP contribution in [0.15, 0.2) is 22.8 Å². The first kappa shape index (κ1) is 16.5. The van der Waals surface area contributed by atoms with Crippen LogP contribution in [0.1, 0.15) is 38.7 Å². The molecule has 0 saturated carbocycles. The van der Waals surface area contributed by atoms with Gasteiger partial charge in [-0.05, 0) is 32.9 Å². The van der Waals surface area contributed by atoms with Gasteiger partial charge >= 0.3 is 0 Å². The lowest BCUT2D eigenvalue weighted by molar-refractivity contribution is 0.139. The number of hydrogen-bond acceptors (Lipinski definition) is 2. The number of imidazole rings is 1. The highest BCUT2D eigenvalue weighted by molar-refractivity contribution is 9.10. The van der Waals surface area contributed by atoms with Gasteiger partial charge < -0.3 is 0 Å². The van der Waals surface area contributed by atoms with E-state index in [1.807, 2.05) is 20.8 Å². The standard InChI is InChI=1S/C14H17BrF2N2OS/c1-14(2,3)21(20)7-5-10-11-8-9(15)4-6-19(11)13(18-10)12(16)17/h4,6,8,12H,5,7H2,1-3H3. The number of fused-ring (bicyclic) bond motifs is 1. The number of nitrogens with zero attached hydrogens (tertiary/aromatic N) is 2. The number of aryl methyl sites for hydroxylation is 1. The Bertz CT molecular complexity index is 679. The minimum Gasteiger partial charge on any atom is -0.299 e. The van der Waals surface area contributed by atoms with E-state index >= 15 is 0 Å². The molecule has 0 amide bonds. The van der Waals surface area contributed by atoms with Crippen LogP contribution in [0.5, 0.6) is 0 Å². The highest BCUT2D eigenvalue weighted by Gasteiger charge is 2.22. The van der Waals surface area contributed by atoms with Gasteiger partial charge in [0.05, 0.1) is 11.2 Å². The first-order valence-corrected chi connectivity index (χ1v) is 8.64. The van der Waals surface area contributed by atoms with Crippen LogP contribution in [0.3, 0.4) is 0 Å². The fraction of sp³-hybridized carbons (Fsp3) is 0.500. The van der Waals surface area contributed by atoms with Crippen LogP contribution in [0, 0.1) is 0 Å². The highest BCUT2D eigenvalue weighted by Crippen LogP contribution is 2.25. The Kier molecular flexibility index (Phi) is 4.82. The van der Waals surface area contributed by atoms with Crippen molar-refractivity contribution in [2.75, 3.05) is 5.75 Å². The Morgan fingerprint density at radius 2 is 2.10 bits per heavy atom. The summed E-state index contributed by atoms with van der Waals surface area (Å²) in [6, 6.07) is 3.45. The van der Waals surface area contributed by atoms with Crippen LogP contribution >= 0.6 is 15.9 Å². The summed E-state index contributed by atoms with van der Waals surface area (Å²) in [7, 11) is -1.04. The van der Waals surface area contributed by atoms with E-state index in [9.17, 15) is 13.0 Å². The molecule has 21 heavy (non-hydrogen) atoms. The molecule has 0 radical (unpaired) electrons. The summed E-state index contributed by atoms with van der Waals surface area (Å²) in [5, 5.41) is 0. The molecule has 116 valence electrons. The number of rotatable bonds is 4. The van der Waals surface area contributed by atoms with E-state index in [-0.39, 0.29) is 10.6 Å². The first-order valence-electron chi connectivity index (χ1n) is 6.53. The smallest absolute Gasteiger partial charge is 0.295 e. The maximum Gasteiger partial charge on any atom is 0.295 e. The molecule has 0 aliphatic rings. The molecule has 0 aliphatic heterocycles. The molecular formula is C14H17BrF2N2OS. The molecule has 3 nitrogen and oxygen atoms in total. The zero-order valence-corrected chi connectivity index (χ0v) is 14.5. The van der Waals surface area contributed by atoms with Crippen molar-refractivity contribution in [3.63, 3.8) is 0 Å². The van der Waals surface area contributed by atoms with Crippen LogP contribution in [0.4, 0.5) is 8.78 Å². The second-order valence-corrected chi connectivity index (χ2v) is 8.97. The van der Waals surface area contributed by atoms with Crippen molar-refractivity contribution in [3.05, 3.63) is 34.3 Å². The van der Waals surface area contributed by atoms with Crippen LogP contribution in [-0.2, 0) is 17.2 Å². The molecule has 0 aliphatic carbocycles. The number of halogens is 3. The summed E-state index contributed by atoms with van der Waals surface area (Å²) in [5.41, 5.74) is 1.19. The van der Waals surface area contributed by atoms with Crippen molar-refractivity contribution in [2.24, 2.45) is 0 Å². The molecule has 0 fully saturated rings. The monoisotopic (exact) mass is 378 g/mol. The summed E-state index contributed by atoms with van der Waals surface area (Å²) < 4.78 is 40.1. The number of hydrogen-bond donors (Lipinski definition) is 0. The van der Waals surface area contributed by atoms with Gasteiger partial charge in [0, 0.05) is 38.4 Å². The fourth-order valence-electron chi connectivity index (χ4n) is 1.98. The molecule has 2 rings (SSSR count). The second kappa shape index (κ2) is 6.12. The predicted octanol–water partition coefficient (Wildman–Crippen LogP) is 4.12. The van der Waals surface area contributed by atoms with Gasteiger partial charge in [-0.2, -0.15) is 0 Å². The van der Waals surface area contributed by atoms with Gasteiger partial charge in [0.2, 0.25) is 0 Å².